The van der Waals surface area contributed by atoms with Crippen molar-refractivity contribution < 1.29 is 9.53 Å². The maximum Gasteiger partial charge on any atom is 0.253 e. The molecule has 3 rings (SSSR count). The highest BCUT2D eigenvalue weighted by molar-refractivity contribution is 5.93. The molecule has 0 saturated heterocycles. The molecule has 2 heterocycles. The van der Waals surface area contributed by atoms with Gasteiger partial charge in [-0.15, -0.1) is 0 Å². The van der Waals surface area contributed by atoms with Crippen molar-refractivity contribution in [3.63, 3.8) is 0 Å². The Bertz CT molecular complexity index is 798. The highest BCUT2D eigenvalue weighted by Crippen LogP contribution is 2.10. The second kappa shape index (κ2) is 7.52. The number of amides is 1. The molecule has 0 saturated carbocycles. The van der Waals surface area contributed by atoms with Crippen LogP contribution in [-0.4, -0.2) is 27.6 Å². The number of benzene rings is 1. The largest absolute Gasteiger partial charge is 0.380 e. The first-order valence-electron chi connectivity index (χ1n) is 7.56. The summed E-state index contributed by atoms with van der Waals surface area (Å²) >= 11 is 0. The summed E-state index contributed by atoms with van der Waals surface area (Å²) in [5.74, 6) is 0.557. The number of pyridine rings is 1. The smallest absolute Gasteiger partial charge is 0.253 e. The molecule has 0 radical (unpaired) electrons. The van der Waals surface area contributed by atoms with Crippen molar-refractivity contribution in [2.45, 2.75) is 13.2 Å². The molecule has 0 aliphatic heterocycles. The minimum Gasteiger partial charge on any atom is -0.380 e. The predicted molar refractivity (Wildman–Crippen MR) is 89.7 cm³/mol. The average Bonchev–Trinajstić information content (AvgIpc) is 3.16. The van der Waals surface area contributed by atoms with Crippen molar-refractivity contribution in [1.29, 1.82) is 0 Å². The Morgan fingerprint density at radius 2 is 2.04 bits per heavy atom. The molecule has 0 aliphatic rings. The Hall–Kier alpha value is -2.99. The van der Waals surface area contributed by atoms with Crippen LogP contribution in [0.25, 0.3) is 5.82 Å². The summed E-state index contributed by atoms with van der Waals surface area (Å²) in [5, 5.41) is 2.91. The lowest BCUT2D eigenvalue weighted by atomic mass is 10.1. The number of nitrogens with one attached hydrogen (secondary N) is 1. The van der Waals surface area contributed by atoms with Crippen LogP contribution in [0.1, 0.15) is 21.5 Å². The number of rotatable bonds is 6. The van der Waals surface area contributed by atoms with E-state index in [0.29, 0.717) is 18.7 Å². The van der Waals surface area contributed by atoms with E-state index < -0.39 is 0 Å². The van der Waals surface area contributed by atoms with Gasteiger partial charge in [-0.05, 0) is 23.3 Å². The second-order valence-electron chi connectivity index (χ2n) is 5.26. The van der Waals surface area contributed by atoms with Gasteiger partial charge in [0, 0.05) is 32.2 Å². The van der Waals surface area contributed by atoms with Gasteiger partial charge in [0.05, 0.1) is 12.2 Å². The van der Waals surface area contributed by atoms with Gasteiger partial charge in [0.25, 0.3) is 5.91 Å². The molecule has 1 N–H and O–H groups in total. The zero-order valence-electron chi connectivity index (χ0n) is 13.3. The maximum atomic E-state index is 12.3. The summed E-state index contributed by atoms with van der Waals surface area (Å²) in [7, 11) is 1.66. The predicted octanol–water partition coefficient (Wildman–Crippen LogP) is 2.34. The van der Waals surface area contributed by atoms with Gasteiger partial charge in [0.15, 0.2) is 0 Å². The molecule has 6 nitrogen and oxygen atoms in total. The molecule has 1 amide bonds. The fourth-order valence-electron chi connectivity index (χ4n) is 2.37. The fraction of sp³-hybridized carbons (Fsp3) is 0.167. The first-order valence-corrected chi connectivity index (χ1v) is 7.56. The molecular weight excluding hydrogens is 304 g/mol. The zero-order valence-corrected chi connectivity index (χ0v) is 13.3. The molecule has 6 heteroatoms. The molecule has 122 valence electrons. The normalized spacial score (nSPS) is 10.5. The van der Waals surface area contributed by atoms with Crippen molar-refractivity contribution >= 4 is 5.91 Å². The number of hydrogen-bond acceptors (Lipinski definition) is 4. The van der Waals surface area contributed by atoms with Crippen LogP contribution in [0.3, 0.4) is 0 Å². The van der Waals surface area contributed by atoms with E-state index in [4.69, 9.17) is 4.74 Å². The summed E-state index contributed by atoms with van der Waals surface area (Å²) in [6.07, 6.45) is 6.70. The minimum absolute atomic E-state index is 0.160. The molecule has 0 atom stereocenters. The molecule has 24 heavy (non-hydrogen) atoms. The Balaban J connectivity index is 1.65. The van der Waals surface area contributed by atoms with Crippen LogP contribution in [0.5, 0.6) is 0 Å². The fourth-order valence-corrected chi connectivity index (χ4v) is 2.37. The number of carbonyl (C=O) groups is 1. The van der Waals surface area contributed by atoms with E-state index in [-0.39, 0.29) is 5.91 Å². The number of hydrogen-bond donors (Lipinski definition) is 1. The van der Waals surface area contributed by atoms with Crippen LogP contribution in [-0.2, 0) is 17.9 Å². The summed E-state index contributed by atoms with van der Waals surface area (Å²) in [5.41, 5.74) is 2.62. The van der Waals surface area contributed by atoms with Gasteiger partial charge in [-0.3, -0.25) is 9.36 Å². The Labute approximate surface area is 140 Å². The van der Waals surface area contributed by atoms with E-state index in [0.717, 1.165) is 16.9 Å². The summed E-state index contributed by atoms with van der Waals surface area (Å²) in [4.78, 5) is 20.5. The summed E-state index contributed by atoms with van der Waals surface area (Å²) < 4.78 is 6.96. The third-order valence-corrected chi connectivity index (χ3v) is 3.64. The zero-order chi connectivity index (χ0) is 16.8. The molecule has 0 unspecified atom stereocenters. The van der Waals surface area contributed by atoms with Gasteiger partial charge in [-0.1, -0.05) is 24.3 Å². The van der Waals surface area contributed by atoms with Gasteiger partial charge in [-0.2, -0.15) is 0 Å². The number of methoxy groups -OCH3 is 1. The van der Waals surface area contributed by atoms with E-state index >= 15 is 0 Å². The molecule has 1 aromatic carbocycles. The van der Waals surface area contributed by atoms with Crippen LogP contribution < -0.4 is 5.32 Å². The SMILES string of the molecule is COCc1ccccc1CNC(=O)c1ccc(-n2ccnc2)nc1. The van der Waals surface area contributed by atoms with Gasteiger partial charge in [0.1, 0.15) is 12.1 Å². The lowest BCUT2D eigenvalue weighted by molar-refractivity contribution is 0.0950. The van der Waals surface area contributed by atoms with Crippen LogP contribution in [0.2, 0.25) is 0 Å². The minimum atomic E-state index is -0.160. The summed E-state index contributed by atoms with van der Waals surface area (Å²) in [6, 6.07) is 11.4. The molecule has 0 aliphatic carbocycles. The van der Waals surface area contributed by atoms with E-state index in [9.17, 15) is 4.79 Å². The maximum absolute atomic E-state index is 12.3. The van der Waals surface area contributed by atoms with Crippen molar-refractivity contribution in [2.75, 3.05) is 7.11 Å². The third-order valence-electron chi connectivity index (χ3n) is 3.64. The van der Waals surface area contributed by atoms with Crippen LogP contribution in [0.15, 0.2) is 61.3 Å². The monoisotopic (exact) mass is 322 g/mol. The van der Waals surface area contributed by atoms with Gasteiger partial charge >= 0.3 is 0 Å². The Morgan fingerprint density at radius 1 is 1.21 bits per heavy atom. The number of aromatic nitrogens is 3. The van der Waals surface area contributed by atoms with Gasteiger partial charge in [0.2, 0.25) is 0 Å². The van der Waals surface area contributed by atoms with Gasteiger partial charge in [-0.25, -0.2) is 9.97 Å². The average molecular weight is 322 g/mol. The van der Waals surface area contributed by atoms with Crippen molar-refractivity contribution in [1.82, 2.24) is 19.9 Å². The first-order chi connectivity index (χ1) is 11.8. The summed E-state index contributed by atoms with van der Waals surface area (Å²) in [6.45, 7) is 0.967. The third kappa shape index (κ3) is 3.67. The molecule has 0 bridgehead atoms. The Morgan fingerprint density at radius 3 is 2.71 bits per heavy atom. The van der Waals surface area contributed by atoms with Crippen LogP contribution in [0, 0.1) is 0 Å². The number of nitrogens with zero attached hydrogens (tertiary/aromatic N) is 3. The molecule has 2 aromatic heterocycles. The number of carbonyl (C=O) groups excluding carboxylic acids is 1. The first kappa shape index (κ1) is 15.9. The Kier molecular flexibility index (Phi) is 4.98. The highest BCUT2D eigenvalue weighted by Gasteiger charge is 2.08. The topological polar surface area (TPSA) is 69.0 Å². The van der Waals surface area contributed by atoms with Crippen molar-refractivity contribution in [3.8, 4) is 5.82 Å². The lowest BCUT2D eigenvalue weighted by Gasteiger charge is -2.10. The molecule has 0 spiro atoms. The van der Waals surface area contributed by atoms with Crippen LogP contribution in [0.4, 0.5) is 0 Å². The van der Waals surface area contributed by atoms with Crippen molar-refractivity contribution in [2.24, 2.45) is 0 Å². The van der Waals surface area contributed by atoms with E-state index in [1.54, 1.807) is 48.7 Å². The molecule has 3 aromatic rings. The molecular formula is C18H18N4O2. The van der Waals surface area contributed by atoms with E-state index in [1.165, 1.54) is 0 Å². The van der Waals surface area contributed by atoms with Gasteiger partial charge < -0.3 is 10.1 Å². The molecule has 0 fully saturated rings. The number of ether oxygens (including phenoxy) is 1. The van der Waals surface area contributed by atoms with E-state index in [1.807, 2.05) is 24.3 Å². The van der Waals surface area contributed by atoms with E-state index in [2.05, 4.69) is 15.3 Å². The lowest BCUT2D eigenvalue weighted by Crippen LogP contribution is -2.23. The highest BCUT2D eigenvalue weighted by atomic mass is 16.5. The van der Waals surface area contributed by atoms with Crippen LogP contribution >= 0.6 is 0 Å². The second-order valence-corrected chi connectivity index (χ2v) is 5.26. The van der Waals surface area contributed by atoms with Crippen molar-refractivity contribution in [3.05, 3.63) is 78.0 Å². The standard InChI is InChI=1S/C18H18N4O2/c1-24-12-16-5-3-2-4-14(16)10-21-18(23)15-6-7-17(20-11-15)22-9-8-19-13-22/h2-9,11,13H,10,12H2,1H3,(H,21,23). The number of imidazole rings is 1. The quantitative estimate of drug-likeness (QED) is 0.756.